The van der Waals surface area contributed by atoms with Crippen LogP contribution in [0.2, 0.25) is 0 Å². The number of hydrogen-bond acceptors (Lipinski definition) is 5. The summed E-state index contributed by atoms with van der Waals surface area (Å²) in [5, 5.41) is 24.5. The molecular formula is C7H6N6. The summed E-state index contributed by atoms with van der Waals surface area (Å²) in [7, 11) is 3.10. The monoisotopic (exact) mass is 174 g/mol. The maximum atomic E-state index is 8.68. The molecule has 1 heterocycles. The number of imidazole rings is 1. The molecule has 0 saturated heterocycles. The highest BCUT2D eigenvalue weighted by molar-refractivity contribution is 5.42. The van der Waals surface area contributed by atoms with Crippen molar-refractivity contribution in [1.29, 1.82) is 10.5 Å². The van der Waals surface area contributed by atoms with Crippen molar-refractivity contribution in [2.45, 2.75) is 0 Å². The molecule has 0 N–H and O–H groups in total. The van der Waals surface area contributed by atoms with E-state index in [0.29, 0.717) is 0 Å². The van der Waals surface area contributed by atoms with Crippen molar-refractivity contribution in [2.24, 2.45) is 17.3 Å². The standard InChI is InChI=1S/C7H6N6/c1-10-12-7-11-5(3-8)6(4-9)13(7)2/h1-2H3. The van der Waals surface area contributed by atoms with E-state index in [-0.39, 0.29) is 17.3 Å². The highest BCUT2D eigenvalue weighted by atomic mass is 15.3. The maximum absolute atomic E-state index is 8.68. The van der Waals surface area contributed by atoms with Gasteiger partial charge in [0.2, 0.25) is 0 Å². The Labute approximate surface area is 74.8 Å². The molecule has 1 rings (SSSR count). The first-order valence-corrected chi connectivity index (χ1v) is 3.41. The molecule has 0 aliphatic carbocycles. The smallest absolute Gasteiger partial charge is 0.251 e. The SMILES string of the molecule is CN=Nc1nc(C#N)c(C#N)n1C. The first kappa shape index (κ1) is 8.88. The van der Waals surface area contributed by atoms with Crippen LogP contribution < -0.4 is 0 Å². The van der Waals surface area contributed by atoms with Gasteiger partial charge in [-0.05, 0) is 0 Å². The van der Waals surface area contributed by atoms with Crippen LogP contribution in [0, 0.1) is 22.7 Å². The largest absolute Gasteiger partial charge is 0.301 e. The molecule has 1 aromatic rings. The topological polar surface area (TPSA) is 90.1 Å². The molecule has 64 valence electrons. The number of nitriles is 2. The summed E-state index contributed by atoms with van der Waals surface area (Å²) in [6, 6.07) is 3.68. The predicted octanol–water partition coefficient (Wildman–Crippen LogP) is 0.877. The van der Waals surface area contributed by atoms with E-state index in [1.165, 1.54) is 11.6 Å². The van der Waals surface area contributed by atoms with E-state index in [2.05, 4.69) is 15.2 Å². The summed E-state index contributed by atoms with van der Waals surface area (Å²) in [5.74, 6) is 0.260. The predicted molar refractivity (Wildman–Crippen MR) is 43.1 cm³/mol. The van der Waals surface area contributed by atoms with Crippen LogP contribution in [0.15, 0.2) is 10.2 Å². The molecule has 13 heavy (non-hydrogen) atoms. The highest BCUT2D eigenvalue weighted by Crippen LogP contribution is 2.15. The van der Waals surface area contributed by atoms with Crippen LogP contribution in [0.3, 0.4) is 0 Å². The normalized spacial score (nSPS) is 9.85. The molecule has 0 atom stereocenters. The van der Waals surface area contributed by atoms with E-state index in [1.54, 1.807) is 7.05 Å². The Kier molecular flexibility index (Phi) is 2.36. The number of hydrogen-bond donors (Lipinski definition) is 0. The summed E-state index contributed by atoms with van der Waals surface area (Å²) in [6.45, 7) is 0. The molecule has 0 bridgehead atoms. The van der Waals surface area contributed by atoms with Crippen molar-refractivity contribution in [2.75, 3.05) is 7.05 Å². The van der Waals surface area contributed by atoms with E-state index < -0.39 is 0 Å². The second-order valence-electron chi connectivity index (χ2n) is 2.19. The molecule has 0 aliphatic rings. The zero-order chi connectivity index (χ0) is 9.84. The van der Waals surface area contributed by atoms with Crippen molar-refractivity contribution in [3.8, 4) is 12.1 Å². The lowest BCUT2D eigenvalue weighted by Gasteiger charge is -1.91. The van der Waals surface area contributed by atoms with Gasteiger partial charge >= 0.3 is 0 Å². The van der Waals surface area contributed by atoms with Crippen molar-refractivity contribution in [3.05, 3.63) is 11.4 Å². The van der Waals surface area contributed by atoms with Crippen molar-refractivity contribution in [1.82, 2.24) is 9.55 Å². The average Bonchev–Trinajstić information content (AvgIpc) is 2.44. The molecule has 6 nitrogen and oxygen atoms in total. The van der Waals surface area contributed by atoms with Crippen LogP contribution in [0.5, 0.6) is 0 Å². The van der Waals surface area contributed by atoms with Gasteiger partial charge in [0.25, 0.3) is 5.95 Å². The molecule has 0 aliphatic heterocycles. The Morgan fingerprint density at radius 2 is 2.08 bits per heavy atom. The first-order chi connectivity index (χ1) is 6.24. The van der Waals surface area contributed by atoms with Crippen LogP contribution in [0.4, 0.5) is 5.95 Å². The van der Waals surface area contributed by atoms with E-state index >= 15 is 0 Å². The molecule has 0 unspecified atom stereocenters. The molecule has 1 aromatic heterocycles. The Hall–Kier alpha value is -2.21. The second-order valence-corrected chi connectivity index (χ2v) is 2.19. The number of rotatable bonds is 1. The fraction of sp³-hybridized carbons (Fsp3) is 0.286. The minimum atomic E-state index is 0.0763. The van der Waals surface area contributed by atoms with Gasteiger partial charge in [-0.2, -0.15) is 20.6 Å². The summed E-state index contributed by atoms with van der Waals surface area (Å²) < 4.78 is 1.42. The Bertz CT molecular complexity index is 427. The van der Waals surface area contributed by atoms with Crippen molar-refractivity contribution < 1.29 is 0 Å². The van der Waals surface area contributed by atoms with E-state index in [4.69, 9.17) is 10.5 Å². The molecular weight excluding hydrogens is 168 g/mol. The summed E-state index contributed by atoms with van der Waals surface area (Å²) in [6.07, 6.45) is 0. The van der Waals surface area contributed by atoms with Crippen LogP contribution in [0.25, 0.3) is 0 Å². The fourth-order valence-corrected chi connectivity index (χ4v) is 0.872. The van der Waals surface area contributed by atoms with Gasteiger partial charge in [-0.15, -0.1) is 5.11 Å². The third kappa shape index (κ3) is 1.37. The van der Waals surface area contributed by atoms with Crippen LogP contribution in [-0.2, 0) is 7.05 Å². The highest BCUT2D eigenvalue weighted by Gasteiger charge is 2.12. The van der Waals surface area contributed by atoms with E-state index in [0.717, 1.165) is 0 Å². The average molecular weight is 174 g/mol. The second kappa shape index (κ2) is 3.46. The van der Waals surface area contributed by atoms with Crippen LogP contribution in [-0.4, -0.2) is 16.6 Å². The Morgan fingerprint density at radius 1 is 1.38 bits per heavy atom. The van der Waals surface area contributed by atoms with Gasteiger partial charge in [0.05, 0.1) is 0 Å². The summed E-state index contributed by atoms with van der Waals surface area (Å²) in [4.78, 5) is 3.81. The molecule has 0 amide bonds. The number of azo groups is 1. The lowest BCUT2D eigenvalue weighted by Crippen LogP contribution is -1.91. The van der Waals surface area contributed by atoms with Gasteiger partial charge in [0.1, 0.15) is 12.1 Å². The molecule has 0 aromatic carbocycles. The van der Waals surface area contributed by atoms with Gasteiger partial charge in [0.15, 0.2) is 11.4 Å². The third-order valence-electron chi connectivity index (χ3n) is 1.47. The van der Waals surface area contributed by atoms with Crippen LogP contribution in [0.1, 0.15) is 11.4 Å². The zero-order valence-electron chi connectivity index (χ0n) is 7.18. The van der Waals surface area contributed by atoms with Gasteiger partial charge in [-0.3, -0.25) is 0 Å². The number of aromatic nitrogens is 2. The minimum Gasteiger partial charge on any atom is -0.301 e. The van der Waals surface area contributed by atoms with Crippen LogP contribution >= 0.6 is 0 Å². The number of nitrogens with zero attached hydrogens (tertiary/aromatic N) is 6. The fourth-order valence-electron chi connectivity index (χ4n) is 0.872. The minimum absolute atomic E-state index is 0.0763. The lowest BCUT2D eigenvalue weighted by atomic mass is 10.4. The first-order valence-electron chi connectivity index (χ1n) is 3.41. The van der Waals surface area contributed by atoms with Gasteiger partial charge in [-0.25, -0.2) is 0 Å². The van der Waals surface area contributed by atoms with Gasteiger partial charge in [-0.1, -0.05) is 0 Å². The van der Waals surface area contributed by atoms with Gasteiger partial charge in [0, 0.05) is 14.1 Å². The molecule has 0 saturated carbocycles. The van der Waals surface area contributed by atoms with E-state index in [1.807, 2.05) is 12.1 Å². The lowest BCUT2D eigenvalue weighted by molar-refractivity contribution is 0.874. The van der Waals surface area contributed by atoms with Gasteiger partial charge < -0.3 is 4.57 Å². The molecule has 0 spiro atoms. The quantitative estimate of drug-likeness (QED) is 0.591. The molecule has 0 radical (unpaired) electrons. The maximum Gasteiger partial charge on any atom is 0.251 e. The van der Waals surface area contributed by atoms with E-state index in [9.17, 15) is 0 Å². The molecule has 6 heteroatoms. The third-order valence-corrected chi connectivity index (χ3v) is 1.47. The summed E-state index contributed by atoms with van der Waals surface area (Å²) >= 11 is 0. The molecule has 0 fully saturated rings. The Balaban J connectivity index is 3.39. The Morgan fingerprint density at radius 3 is 2.46 bits per heavy atom. The van der Waals surface area contributed by atoms with Crippen molar-refractivity contribution in [3.63, 3.8) is 0 Å². The zero-order valence-corrected chi connectivity index (χ0v) is 7.18. The van der Waals surface area contributed by atoms with Crippen molar-refractivity contribution >= 4 is 5.95 Å². The summed E-state index contributed by atoms with van der Waals surface area (Å²) in [5.41, 5.74) is 0.275.